The Labute approximate surface area is 236 Å². The standard InChI is InChI=1S/C33H26BrNS2/c1-33(2)26-17-9-11-19-28(26)35(29-20-12-10-18-27(29)33)23-21-30(36-24-13-5-3-6-14-24)32(34)31(22-23)37-25-15-7-4-8-16-25/h3-22H,1-2H3. The van der Waals surface area contributed by atoms with Gasteiger partial charge < -0.3 is 4.90 Å². The molecule has 0 aliphatic carbocycles. The second-order valence-electron chi connectivity index (χ2n) is 9.58. The molecule has 0 saturated carbocycles. The molecular weight excluding hydrogens is 554 g/mol. The van der Waals surface area contributed by atoms with Crippen molar-refractivity contribution in [3.63, 3.8) is 0 Å². The van der Waals surface area contributed by atoms with Crippen LogP contribution in [0, 0.1) is 0 Å². The van der Waals surface area contributed by atoms with E-state index < -0.39 is 0 Å². The van der Waals surface area contributed by atoms with Crippen LogP contribution in [-0.4, -0.2) is 0 Å². The zero-order valence-electron chi connectivity index (χ0n) is 20.7. The first-order chi connectivity index (χ1) is 18.0. The van der Waals surface area contributed by atoms with E-state index >= 15 is 0 Å². The van der Waals surface area contributed by atoms with Crippen LogP contribution in [0.2, 0.25) is 0 Å². The highest BCUT2D eigenvalue weighted by Crippen LogP contribution is 2.53. The summed E-state index contributed by atoms with van der Waals surface area (Å²) in [6.45, 7) is 4.66. The molecule has 0 N–H and O–H groups in total. The quantitative estimate of drug-likeness (QED) is 0.204. The number of halogens is 1. The van der Waals surface area contributed by atoms with Crippen LogP contribution in [0.5, 0.6) is 0 Å². The van der Waals surface area contributed by atoms with Gasteiger partial charge in [0, 0.05) is 35.2 Å². The monoisotopic (exact) mass is 579 g/mol. The van der Waals surface area contributed by atoms with Crippen molar-refractivity contribution in [3.8, 4) is 0 Å². The topological polar surface area (TPSA) is 3.24 Å². The van der Waals surface area contributed by atoms with Crippen molar-refractivity contribution >= 4 is 56.5 Å². The Morgan fingerprint density at radius 2 is 0.973 bits per heavy atom. The van der Waals surface area contributed by atoms with E-state index in [1.807, 2.05) is 0 Å². The summed E-state index contributed by atoms with van der Waals surface area (Å²) in [6, 6.07) is 43.5. The third-order valence-electron chi connectivity index (χ3n) is 6.83. The molecule has 37 heavy (non-hydrogen) atoms. The number of nitrogens with zero attached hydrogens (tertiary/aromatic N) is 1. The van der Waals surface area contributed by atoms with Gasteiger partial charge >= 0.3 is 0 Å². The van der Waals surface area contributed by atoms with Crippen molar-refractivity contribution in [2.45, 2.75) is 38.8 Å². The second-order valence-corrected chi connectivity index (χ2v) is 12.6. The summed E-state index contributed by atoms with van der Waals surface area (Å²) in [5, 5.41) is 0. The number of benzene rings is 5. The summed E-state index contributed by atoms with van der Waals surface area (Å²) in [7, 11) is 0. The predicted molar refractivity (Wildman–Crippen MR) is 162 cm³/mol. The lowest BCUT2D eigenvalue weighted by Crippen LogP contribution is -2.30. The average Bonchev–Trinajstić information content (AvgIpc) is 2.93. The number of para-hydroxylation sites is 2. The Bertz CT molecular complexity index is 1450. The van der Waals surface area contributed by atoms with E-state index in [0.717, 1.165) is 10.2 Å². The van der Waals surface area contributed by atoms with Crippen LogP contribution in [0.15, 0.2) is 145 Å². The van der Waals surface area contributed by atoms with Crippen LogP contribution in [0.3, 0.4) is 0 Å². The van der Waals surface area contributed by atoms with Gasteiger partial charge in [-0.2, -0.15) is 0 Å². The van der Waals surface area contributed by atoms with E-state index in [2.05, 4.69) is 156 Å². The fourth-order valence-corrected chi connectivity index (χ4v) is 7.65. The van der Waals surface area contributed by atoms with Crippen LogP contribution in [0.25, 0.3) is 0 Å². The lowest BCUT2D eigenvalue weighted by atomic mass is 9.73. The third kappa shape index (κ3) is 4.63. The number of hydrogen-bond donors (Lipinski definition) is 0. The summed E-state index contributed by atoms with van der Waals surface area (Å²) in [5.41, 5.74) is 6.23. The molecular formula is C33H26BrNS2. The fourth-order valence-electron chi connectivity index (χ4n) is 5.01. The molecule has 0 bridgehead atoms. The normalized spacial score (nSPS) is 13.6. The van der Waals surface area contributed by atoms with E-state index in [4.69, 9.17) is 0 Å². The van der Waals surface area contributed by atoms with E-state index in [0.29, 0.717) is 0 Å². The zero-order chi connectivity index (χ0) is 25.4. The Hall–Kier alpha value is -2.92. The van der Waals surface area contributed by atoms with Gasteiger partial charge in [0.05, 0.1) is 11.4 Å². The Morgan fingerprint density at radius 3 is 1.43 bits per heavy atom. The van der Waals surface area contributed by atoms with Gasteiger partial charge in [-0.1, -0.05) is 110 Å². The number of anilines is 3. The minimum absolute atomic E-state index is 0.0811. The number of rotatable bonds is 5. The molecule has 1 aliphatic rings. The van der Waals surface area contributed by atoms with Crippen molar-refractivity contribution in [1.29, 1.82) is 0 Å². The van der Waals surface area contributed by atoms with Gasteiger partial charge in [-0.3, -0.25) is 0 Å². The third-order valence-corrected chi connectivity index (χ3v) is 10.3. The van der Waals surface area contributed by atoms with Crippen LogP contribution in [0.1, 0.15) is 25.0 Å². The first-order valence-corrected chi connectivity index (χ1v) is 14.7. The molecule has 1 aliphatic heterocycles. The second kappa shape index (κ2) is 10.1. The van der Waals surface area contributed by atoms with Gasteiger partial charge in [0.1, 0.15) is 0 Å². The van der Waals surface area contributed by atoms with E-state index in [1.165, 1.54) is 42.1 Å². The van der Waals surface area contributed by atoms with Crippen LogP contribution >= 0.6 is 39.5 Å². The van der Waals surface area contributed by atoms with Crippen molar-refractivity contribution in [1.82, 2.24) is 0 Å². The fraction of sp³-hybridized carbons (Fsp3) is 0.0909. The maximum Gasteiger partial charge on any atom is 0.0502 e. The molecule has 0 saturated heterocycles. The van der Waals surface area contributed by atoms with Gasteiger partial charge in [0.15, 0.2) is 0 Å². The number of fused-ring (bicyclic) bond motifs is 2. The summed E-state index contributed by atoms with van der Waals surface area (Å²) in [6.07, 6.45) is 0. The molecule has 0 amide bonds. The van der Waals surface area contributed by atoms with Crippen molar-refractivity contribution < 1.29 is 0 Å². The molecule has 5 aromatic carbocycles. The minimum atomic E-state index is -0.0811. The molecule has 0 aromatic heterocycles. The van der Waals surface area contributed by atoms with Crippen LogP contribution in [0.4, 0.5) is 17.1 Å². The first-order valence-electron chi connectivity index (χ1n) is 12.3. The highest BCUT2D eigenvalue weighted by Gasteiger charge is 2.36. The first kappa shape index (κ1) is 24.4. The maximum absolute atomic E-state index is 3.98. The lowest BCUT2D eigenvalue weighted by molar-refractivity contribution is 0.632. The van der Waals surface area contributed by atoms with Crippen molar-refractivity contribution in [3.05, 3.63) is 137 Å². The molecule has 6 rings (SSSR count). The molecule has 0 radical (unpaired) electrons. The molecule has 0 fully saturated rings. The molecule has 5 aromatic rings. The van der Waals surface area contributed by atoms with E-state index in [9.17, 15) is 0 Å². The molecule has 0 spiro atoms. The Morgan fingerprint density at radius 1 is 0.568 bits per heavy atom. The minimum Gasteiger partial charge on any atom is -0.310 e. The van der Waals surface area contributed by atoms with Crippen LogP contribution < -0.4 is 4.90 Å². The summed E-state index contributed by atoms with van der Waals surface area (Å²) >= 11 is 7.56. The van der Waals surface area contributed by atoms with Gasteiger partial charge in [0.2, 0.25) is 0 Å². The number of hydrogen-bond acceptors (Lipinski definition) is 3. The van der Waals surface area contributed by atoms with Gasteiger partial charge in [-0.15, -0.1) is 0 Å². The van der Waals surface area contributed by atoms with Gasteiger partial charge in [-0.25, -0.2) is 0 Å². The Kier molecular flexibility index (Phi) is 6.66. The van der Waals surface area contributed by atoms with Crippen molar-refractivity contribution in [2.75, 3.05) is 4.90 Å². The molecule has 4 heteroatoms. The molecule has 0 atom stereocenters. The zero-order valence-corrected chi connectivity index (χ0v) is 23.9. The largest absolute Gasteiger partial charge is 0.310 e. The molecule has 1 nitrogen and oxygen atoms in total. The van der Waals surface area contributed by atoms with Gasteiger partial charge in [-0.05, 0) is 75.6 Å². The average molecular weight is 581 g/mol. The summed E-state index contributed by atoms with van der Waals surface area (Å²) in [4.78, 5) is 7.27. The molecule has 1 heterocycles. The highest BCUT2D eigenvalue weighted by molar-refractivity contribution is 9.10. The highest BCUT2D eigenvalue weighted by atomic mass is 79.9. The summed E-state index contributed by atoms with van der Waals surface area (Å²) < 4.78 is 1.12. The predicted octanol–water partition coefficient (Wildman–Crippen LogP) is 10.9. The molecule has 182 valence electrons. The van der Waals surface area contributed by atoms with E-state index in [-0.39, 0.29) is 5.41 Å². The van der Waals surface area contributed by atoms with E-state index in [1.54, 1.807) is 23.5 Å². The van der Waals surface area contributed by atoms with Gasteiger partial charge in [0.25, 0.3) is 0 Å². The lowest BCUT2D eigenvalue weighted by Gasteiger charge is -2.42. The maximum atomic E-state index is 3.98. The SMILES string of the molecule is CC1(C)c2ccccc2N(c2cc(Sc3ccccc3)c(Br)c(Sc3ccccc3)c2)c2ccccc21. The Balaban J connectivity index is 1.56. The molecule has 0 unspecified atom stereocenters. The van der Waals surface area contributed by atoms with Crippen LogP contribution in [-0.2, 0) is 5.41 Å². The summed E-state index contributed by atoms with van der Waals surface area (Å²) in [5.74, 6) is 0. The smallest absolute Gasteiger partial charge is 0.0502 e. The van der Waals surface area contributed by atoms with Crippen molar-refractivity contribution in [2.24, 2.45) is 0 Å².